The second-order valence-electron chi connectivity index (χ2n) is 8.53. The summed E-state index contributed by atoms with van der Waals surface area (Å²) in [6.45, 7) is 7.74. The summed E-state index contributed by atoms with van der Waals surface area (Å²) in [5.41, 5.74) is 1.12. The van der Waals surface area contributed by atoms with Crippen LogP contribution in [0.5, 0.6) is 5.75 Å². The molecule has 2 heterocycles. The highest BCUT2D eigenvalue weighted by Crippen LogP contribution is 2.30. The Morgan fingerprint density at radius 3 is 2.67 bits per heavy atom. The fourth-order valence-corrected chi connectivity index (χ4v) is 5.38. The van der Waals surface area contributed by atoms with E-state index in [2.05, 4.69) is 15.2 Å². The fourth-order valence-electron chi connectivity index (χ4n) is 4.00. The summed E-state index contributed by atoms with van der Waals surface area (Å²) in [5, 5.41) is 16.5. The lowest BCUT2D eigenvalue weighted by atomic mass is 10.0. The molecule has 3 rings (SSSR count). The van der Waals surface area contributed by atoms with Gasteiger partial charge in [0.05, 0.1) is 19.1 Å². The molecule has 1 aliphatic rings. The number of ether oxygens (including phenoxy) is 1. The third-order valence-electron chi connectivity index (χ3n) is 5.81. The van der Waals surface area contributed by atoms with Crippen LogP contribution < -0.4 is 14.8 Å². The largest absolute Gasteiger partial charge is 0.488 e. The van der Waals surface area contributed by atoms with Crippen LogP contribution in [-0.2, 0) is 21.2 Å². The molecule has 2 aromatic rings. The number of hydrogen-bond donors (Lipinski definition) is 3. The minimum absolute atomic E-state index is 0.000860. The second kappa shape index (κ2) is 10.1. The molecule has 182 valence electrons. The number of amides is 1. The Bertz CT molecular complexity index is 1080. The van der Waals surface area contributed by atoms with Gasteiger partial charge in [0.15, 0.2) is 10.7 Å². The first-order valence-electron chi connectivity index (χ1n) is 10.9. The van der Waals surface area contributed by atoms with Crippen LogP contribution in [0.25, 0.3) is 0 Å². The number of nitrogens with one attached hydrogen (secondary N) is 2. The second-order valence-corrected chi connectivity index (χ2v) is 10.1. The number of fused-ring (bicyclic) bond motifs is 1. The Kier molecular flexibility index (Phi) is 7.65. The number of nitrogens with zero attached hydrogens (tertiary/aromatic N) is 2. The molecule has 0 saturated heterocycles. The summed E-state index contributed by atoms with van der Waals surface area (Å²) in [6.07, 6.45) is -0.211. The summed E-state index contributed by atoms with van der Waals surface area (Å²) in [7, 11) is -2.11. The van der Waals surface area contributed by atoms with Crippen molar-refractivity contribution in [2.45, 2.75) is 51.2 Å². The van der Waals surface area contributed by atoms with Gasteiger partial charge in [0, 0.05) is 30.3 Å². The zero-order valence-corrected chi connectivity index (χ0v) is 20.4. The standard InChI is InChI=1S/C22H32N4O6S/c1-13-11-26(14(2)12-27)21(28)9-17-8-18(6-7-19(17)31-20(13)10-23-5)25-33(29,30)22-15(3)24-32-16(22)4/h6-8,13-14,20,23,25,27H,9-12H2,1-5H3/t13-,14-,20-/m1/s1. The summed E-state index contributed by atoms with van der Waals surface area (Å²) in [5.74, 6) is 0.552. The van der Waals surface area contributed by atoms with Gasteiger partial charge in [-0.05, 0) is 46.0 Å². The van der Waals surface area contributed by atoms with E-state index in [0.717, 1.165) is 0 Å². The monoisotopic (exact) mass is 480 g/mol. The number of aliphatic hydroxyl groups excluding tert-OH is 1. The van der Waals surface area contributed by atoms with Crippen molar-refractivity contribution < 1.29 is 27.6 Å². The smallest absolute Gasteiger partial charge is 0.267 e. The molecule has 1 aromatic carbocycles. The number of aromatic nitrogens is 1. The lowest BCUT2D eigenvalue weighted by Gasteiger charge is -2.32. The fraction of sp³-hybridized carbons (Fsp3) is 0.545. The van der Waals surface area contributed by atoms with Gasteiger partial charge in [-0.15, -0.1) is 0 Å². The van der Waals surface area contributed by atoms with E-state index < -0.39 is 10.0 Å². The van der Waals surface area contributed by atoms with Crippen LogP contribution in [0, 0.1) is 19.8 Å². The van der Waals surface area contributed by atoms with E-state index in [9.17, 15) is 18.3 Å². The van der Waals surface area contributed by atoms with Crippen molar-refractivity contribution in [2.75, 3.05) is 31.5 Å². The van der Waals surface area contributed by atoms with Gasteiger partial charge >= 0.3 is 0 Å². The van der Waals surface area contributed by atoms with E-state index >= 15 is 0 Å². The van der Waals surface area contributed by atoms with E-state index in [0.29, 0.717) is 30.1 Å². The van der Waals surface area contributed by atoms with Crippen molar-refractivity contribution >= 4 is 21.6 Å². The summed E-state index contributed by atoms with van der Waals surface area (Å²) in [4.78, 5) is 14.8. The van der Waals surface area contributed by atoms with E-state index in [1.165, 1.54) is 6.92 Å². The molecule has 3 N–H and O–H groups in total. The van der Waals surface area contributed by atoms with Crippen LogP contribution in [0.4, 0.5) is 5.69 Å². The highest BCUT2D eigenvalue weighted by Gasteiger charge is 2.31. The summed E-state index contributed by atoms with van der Waals surface area (Å²) in [6, 6.07) is 4.54. The number of likely N-dealkylation sites (N-methyl/N-ethyl adjacent to an activating group) is 1. The Morgan fingerprint density at radius 2 is 2.06 bits per heavy atom. The lowest BCUT2D eigenvalue weighted by Crippen LogP contribution is -2.47. The lowest BCUT2D eigenvalue weighted by molar-refractivity contribution is -0.134. The van der Waals surface area contributed by atoms with Gasteiger partial charge in [-0.3, -0.25) is 9.52 Å². The van der Waals surface area contributed by atoms with Crippen LogP contribution in [-0.4, -0.2) is 68.4 Å². The van der Waals surface area contributed by atoms with Crippen molar-refractivity contribution in [3.63, 3.8) is 0 Å². The SMILES string of the molecule is CNC[C@H]1Oc2ccc(NS(=O)(=O)c3c(C)noc3C)cc2CC(=O)N([C@H](C)CO)C[C@H]1C. The average Bonchev–Trinajstić information content (AvgIpc) is 3.12. The molecule has 0 bridgehead atoms. The molecule has 0 radical (unpaired) electrons. The maximum absolute atomic E-state index is 13.1. The van der Waals surface area contributed by atoms with Crippen LogP contribution in [0.2, 0.25) is 0 Å². The molecule has 0 aliphatic carbocycles. The quantitative estimate of drug-likeness (QED) is 0.542. The number of benzene rings is 1. The third kappa shape index (κ3) is 5.48. The van der Waals surface area contributed by atoms with E-state index in [1.807, 2.05) is 14.0 Å². The number of sulfonamides is 1. The first-order chi connectivity index (χ1) is 15.6. The predicted octanol–water partition coefficient (Wildman–Crippen LogP) is 1.46. The number of carbonyl (C=O) groups excluding carboxylic acids is 1. The molecule has 1 aliphatic heterocycles. The summed E-state index contributed by atoms with van der Waals surface area (Å²) < 4.78 is 39.7. The Morgan fingerprint density at radius 1 is 1.33 bits per heavy atom. The van der Waals surface area contributed by atoms with Gasteiger partial charge < -0.3 is 24.6 Å². The van der Waals surface area contributed by atoms with Crippen LogP contribution in [0.15, 0.2) is 27.6 Å². The van der Waals surface area contributed by atoms with Gasteiger partial charge in [-0.1, -0.05) is 12.1 Å². The normalized spacial score (nSPS) is 20.3. The molecule has 0 unspecified atom stereocenters. The van der Waals surface area contributed by atoms with Crippen LogP contribution in [0.3, 0.4) is 0 Å². The zero-order chi connectivity index (χ0) is 24.3. The minimum atomic E-state index is -3.94. The van der Waals surface area contributed by atoms with Crippen LogP contribution >= 0.6 is 0 Å². The van der Waals surface area contributed by atoms with Crippen molar-refractivity contribution in [2.24, 2.45) is 5.92 Å². The van der Waals surface area contributed by atoms with Crippen molar-refractivity contribution in [3.05, 3.63) is 35.2 Å². The predicted molar refractivity (Wildman–Crippen MR) is 123 cm³/mol. The minimum Gasteiger partial charge on any atom is -0.488 e. The number of hydrogen-bond acceptors (Lipinski definition) is 8. The molecule has 33 heavy (non-hydrogen) atoms. The third-order valence-corrected chi connectivity index (χ3v) is 7.44. The van der Waals surface area contributed by atoms with Gasteiger partial charge in [0.25, 0.3) is 10.0 Å². The van der Waals surface area contributed by atoms with Crippen molar-refractivity contribution in [3.8, 4) is 5.75 Å². The number of carbonyl (C=O) groups is 1. The van der Waals surface area contributed by atoms with Gasteiger partial charge in [0.2, 0.25) is 5.91 Å². The van der Waals surface area contributed by atoms with E-state index in [1.54, 1.807) is 36.9 Å². The zero-order valence-electron chi connectivity index (χ0n) is 19.6. The average molecular weight is 481 g/mol. The molecule has 0 saturated carbocycles. The molecular weight excluding hydrogens is 448 g/mol. The van der Waals surface area contributed by atoms with E-state index in [4.69, 9.17) is 9.26 Å². The van der Waals surface area contributed by atoms with Gasteiger partial charge in [-0.25, -0.2) is 8.42 Å². The summed E-state index contributed by atoms with van der Waals surface area (Å²) >= 11 is 0. The maximum Gasteiger partial charge on any atom is 0.267 e. The van der Waals surface area contributed by atoms with Gasteiger partial charge in [0.1, 0.15) is 17.5 Å². The number of rotatable bonds is 7. The highest BCUT2D eigenvalue weighted by atomic mass is 32.2. The molecule has 11 heteroatoms. The number of anilines is 1. The van der Waals surface area contributed by atoms with E-state index in [-0.39, 0.29) is 53.3 Å². The highest BCUT2D eigenvalue weighted by molar-refractivity contribution is 7.92. The Balaban J connectivity index is 1.98. The molecule has 1 amide bonds. The molecule has 3 atom stereocenters. The molecule has 0 spiro atoms. The Labute approximate surface area is 194 Å². The first-order valence-corrected chi connectivity index (χ1v) is 12.4. The molecule has 0 fully saturated rings. The molecule has 10 nitrogen and oxygen atoms in total. The molecule has 1 aromatic heterocycles. The first kappa shape index (κ1) is 25.0. The molecular formula is C22H32N4O6S. The topological polar surface area (TPSA) is 134 Å². The Hall–Kier alpha value is -2.63. The van der Waals surface area contributed by atoms with Crippen molar-refractivity contribution in [1.82, 2.24) is 15.4 Å². The number of aliphatic hydroxyl groups is 1. The van der Waals surface area contributed by atoms with Gasteiger partial charge in [-0.2, -0.15) is 0 Å². The maximum atomic E-state index is 13.1. The number of aryl methyl sites for hydroxylation is 2. The van der Waals surface area contributed by atoms with Crippen LogP contribution in [0.1, 0.15) is 30.9 Å². The van der Waals surface area contributed by atoms with Crippen molar-refractivity contribution in [1.29, 1.82) is 0 Å².